The quantitative estimate of drug-likeness (QED) is 0.650. The maximum atomic E-state index is 13.1. The van der Waals surface area contributed by atoms with Crippen LogP contribution in [0.3, 0.4) is 0 Å². The Balaban J connectivity index is 0.00000289. The number of benzene rings is 1. The van der Waals surface area contributed by atoms with E-state index in [2.05, 4.69) is 0 Å². The molecule has 1 aromatic carbocycles. The van der Waals surface area contributed by atoms with E-state index in [0.717, 1.165) is 0 Å². The predicted molar refractivity (Wildman–Crippen MR) is 52.6 cm³/mol. The molecule has 0 aromatic heterocycles. The molecule has 0 unspecified atom stereocenters. The number of aliphatic hydroxyl groups excluding tert-OH is 1. The molecule has 0 heterocycles. The molecule has 3 N–H and O–H groups in total. The van der Waals surface area contributed by atoms with Gasteiger partial charge in [0.2, 0.25) is 0 Å². The van der Waals surface area contributed by atoms with Crippen LogP contribution in [0.25, 0.3) is 0 Å². The summed E-state index contributed by atoms with van der Waals surface area (Å²) in [5.41, 5.74) is 3.84. The van der Waals surface area contributed by atoms with E-state index < -0.39 is 41.3 Å². The first kappa shape index (κ1) is 17.0. The van der Waals surface area contributed by atoms with Crippen molar-refractivity contribution in [1.29, 1.82) is 0 Å². The molecule has 0 fully saturated rings. The van der Waals surface area contributed by atoms with Crippen molar-refractivity contribution >= 4 is 12.4 Å². The zero-order chi connectivity index (χ0) is 13.4. The van der Waals surface area contributed by atoms with Gasteiger partial charge in [-0.3, -0.25) is 0 Å². The lowest BCUT2D eigenvalue weighted by molar-refractivity contribution is -0.210. The number of hydrogen-bond acceptors (Lipinski definition) is 2. The van der Waals surface area contributed by atoms with Gasteiger partial charge in [0.25, 0.3) is 0 Å². The second-order valence-electron chi connectivity index (χ2n) is 3.30. The van der Waals surface area contributed by atoms with E-state index in [0.29, 0.717) is 6.07 Å². The molecular weight excluding hydrogens is 288 g/mol. The third kappa shape index (κ3) is 3.50. The van der Waals surface area contributed by atoms with Crippen molar-refractivity contribution in [3.05, 3.63) is 35.1 Å². The fraction of sp³-hybridized carbons (Fsp3) is 0.333. The summed E-state index contributed by atoms with van der Waals surface area (Å²) in [6.07, 6.45) is -8.23. The number of nitrogens with two attached hydrogens (primary N) is 1. The van der Waals surface area contributed by atoms with Gasteiger partial charge in [-0.1, -0.05) is 0 Å². The fourth-order valence-electron chi connectivity index (χ4n) is 1.19. The lowest BCUT2D eigenvalue weighted by atomic mass is 10.0. The van der Waals surface area contributed by atoms with Gasteiger partial charge in [-0.2, -0.15) is 13.2 Å². The van der Waals surface area contributed by atoms with Gasteiger partial charge < -0.3 is 10.8 Å². The van der Waals surface area contributed by atoms with Crippen LogP contribution in [0.5, 0.6) is 0 Å². The van der Waals surface area contributed by atoms with Gasteiger partial charge in [0, 0.05) is 11.6 Å². The topological polar surface area (TPSA) is 46.2 Å². The van der Waals surface area contributed by atoms with Crippen LogP contribution in [0.4, 0.5) is 26.3 Å². The standard InChI is InChI=1S/C9H7F6NO.ClH/c10-3-1-4(6(12)5(11)2-3)7(16)8(17)9(13,14)15;/h1-2,7-8,17H,16H2;1H/t7-,8-;/m1./s1. The van der Waals surface area contributed by atoms with Crippen LogP contribution < -0.4 is 5.73 Å². The molecule has 18 heavy (non-hydrogen) atoms. The Morgan fingerprint density at radius 3 is 2.06 bits per heavy atom. The third-order valence-corrected chi connectivity index (χ3v) is 2.06. The number of halogens is 7. The average Bonchev–Trinajstić information content (AvgIpc) is 2.20. The van der Waals surface area contributed by atoms with E-state index in [1.54, 1.807) is 0 Å². The van der Waals surface area contributed by atoms with E-state index in [-0.39, 0.29) is 18.5 Å². The Morgan fingerprint density at radius 2 is 1.61 bits per heavy atom. The number of rotatable bonds is 2. The highest BCUT2D eigenvalue weighted by Crippen LogP contribution is 2.30. The zero-order valence-corrected chi connectivity index (χ0v) is 9.33. The highest BCUT2D eigenvalue weighted by molar-refractivity contribution is 5.85. The number of aliphatic hydroxyl groups is 1. The lowest BCUT2D eigenvalue weighted by Crippen LogP contribution is -2.39. The van der Waals surface area contributed by atoms with Crippen molar-refractivity contribution in [2.24, 2.45) is 5.73 Å². The summed E-state index contributed by atoms with van der Waals surface area (Å²) in [4.78, 5) is 0. The van der Waals surface area contributed by atoms with Gasteiger partial charge in [0.1, 0.15) is 5.82 Å². The van der Waals surface area contributed by atoms with Gasteiger partial charge in [0.05, 0.1) is 6.04 Å². The van der Waals surface area contributed by atoms with Crippen LogP contribution >= 0.6 is 12.4 Å². The van der Waals surface area contributed by atoms with Crippen molar-refractivity contribution in [2.75, 3.05) is 0 Å². The minimum atomic E-state index is -5.12. The smallest absolute Gasteiger partial charge is 0.382 e. The Hall–Kier alpha value is -0.990. The molecule has 2 nitrogen and oxygen atoms in total. The van der Waals surface area contributed by atoms with Crippen molar-refractivity contribution in [3.63, 3.8) is 0 Å². The highest BCUT2D eigenvalue weighted by atomic mass is 35.5. The molecule has 9 heteroatoms. The van der Waals surface area contributed by atoms with Gasteiger partial charge >= 0.3 is 6.18 Å². The molecule has 0 bridgehead atoms. The van der Waals surface area contributed by atoms with E-state index in [9.17, 15) is 26.3 Å². The average molecular weight is 296 g/mol. The van der Waals surface area contributed by atoms with Crippen LogP contribution in [-0.2, 0) is 0 Å². The summed E-state index contributed by atoms with van der Waals surface area (Å²) in [6.45, 7) is 0. The first-order valence-corrected chi connectivity index (χ1v) is 4.29. The molecule has 104 valence electrons. The highest BCUT2D eigenvalue weighted by Gasteiger charge is 2.43. The number of alkyl halides is 3. The molecule has 0 radical (unpaired) electrons. The summed E-state index contributed by atoms with van der Waals surface area (Å²) in [6, 6.07) is -1.84. The van der Waals surface area contributed by atoms with Crippen LogP contribution in [-0.4, -0.2) is 17.4 Å². The van der Waals surface area contributed by atoms with E-state index in [1.165, 1.54) is 0 Å². The maximum Gasteiger partial charge on any atom is 0.416 e. The lowest BCUT2D eigenvalue weighted by Gasteiger charge is -2.22. The molecule has 0 aliphatic carbocycles. The molecule has 0 saturated heterocycles. The summed E-state index contributed by atoms with van der Waals surface area (Å²) >= 11 is 0. The predicted octanol–water partition coefficient (Wildman–Crippen LogP) is 2.45. The summed E-state index contributed by atoms with van der Waals surface area (Å²) < 4.78 is 74.7. The molecule has 2 atom stereocenters. The third-order valence-electron chi connectivity index (χ3n) is 2.06. The SMILES string of the molecule is Cl.N[C@H](c1cc(F)cc(F)c1F)[C@@H](O)C(F)(F)F. The normalized spacial score (nSPS) is 14.9. The first-order valence-electron chi connectivity index (χ1n) is 4.29. The molecule has 0 saturated carbocycles. The Morgan fingerprint density at radius 1 is 1.11 bits per heavy atom. The van der Waals surface area contributed by atoms with Crippen LogP contribution in [0.1, 0.15) is 11.6 Å². The van der Waals surface area contributed by atoms with Crippen LogP contribution in [0.2, 0.25) is 0 Å². The van der Waals surface area contributed by atoms with Crippen molar-refractivity contribution < 1.29 is 31.4 Å². The summed E-state index contributed by atoms with van der Waals surface area (Å²) in [5, 5.41) is 8.75. The minimum absolute atomic E-state index is 0. The molecule has 1 rings (SSSR count). The monoisotopic (exact) mass is 295 g/mol. The second kappa shape index (κ2) is 5.77. The second-order valence-corrected chi connectivity index (χ2v) is 3.30. The Labute approximate surface area is 104 Å². The van der Waals surface area contributed by atoms with Crippen molar-refractivity contribution in [1.82, 2.24) is 0 Å². The van der Waals surface area contributed by atoms with Crippen molar-refractivity contribution in [3.8, 4) is 0 Å². The van der Waals surface area contributed by atoms with Crippen molar-refractivity contribution in [2.45, 2.75) is 18.3 Å². The fourth-order valence-corrected chi connectivity index (χ4v) is 1.19. The van der Waals surface area contributed by atoms with Crippen LogP contribution in [0, 0.1) is 17.5 Å². The van der Waals surface area contributed by atoms with E-state index in [1.807, 2.05) is 0 Å². The number of hydrogen-bond donors (Lipinski definition) is 2. The van der Waals surface area contributed by atoms with E-state index in [4.69, 9.17) is 10.8 Å². The molecule has 0 amide bonds. The molecular formula is C9H8ClF6NO. The summed E-state index contributed by atoms with van der Waals surface area (Å²) in [7, 11) is 0. The van der Waals surface area contributed by atoms with Gasteiger partial charge in [-0.15, -0.1) is 12.4 Å². The van der Waals surface area contributed by atoms with Gasteiger partial charge in [0.15, 0.2) is 17.7 Å². The summed E-state index contributed by atoms with van der Waals surface area (Å²) in [5.74, 6) is -4.68. The van der Waals surface area contributed by atoms with Crippen LogP contribution in [0.15, 0.2) is 12.1 Å². The largest absolute Gasteiger partial charge is 0.416 e. The molecule has 0 spiro atoms. The molecule has 1 aromatic rings. The van der Waals surface area contributed by atoms with Gasteiger partial charge in [-0.25, -0.2) is 13.2 Å². The van der Waals surface area contributed by atoms with Gasteiger partial charge in [-0.05, 0) is 6.07 Å². The maximum absolute atomic E-state index is 13.1. The Bertz CT molecular complexity index is 424. The first-order chi connectivity index (χ1) is 7.64. The Kier molecular flexibility index (Phi) is 5.45. The minimum Gasteiger partial charge on any atom is -0.382 e. The molecule has 0 aliphatic heterocycles. The molecule has 0 aliphatic rings. The van der Waals surface area contributed by atoms with E-state index >= 15 is 0 Å². The zero-order valence-electron chi connectivity index (χ0n) is 8.51.